The molecule has 4 nitrogen and oxygen atoms in total. The third-order valence-electron chi connectivity index (χ3n) is 4.78. The maximum Gasteiger partial charge on any atom is 0.272 e. The van der Waals surface area contributed by atoms with E-state index in [4.69, 9.17) is 0 Å². The van der Waals surface area contributed by atoms with Crippen molar-refractivity contribution in [2.45, 2.75) is 25.7 Å². The Labute approximate surface area is 151 Å². The zero-order valence-corrected chi connectivity index (χ0v) is 14.4. The molecule has 1 N–H and O–H groups in total. The van der Waals surface area contributed by atoms with Crippen molar-refractivity contribution < 1.29 is 9.18 Å². The Balaban J connectivity index is 1.51. The molecule has 1 aliphatic carbocycles. The summed E-state index contributed by atoms with van der Waals surface area (Å²) in [6.07, 6.45) is 3.30. The molecule has 0 saturated carbocycles. The van der Waals surface area contributed by atoms with Gasteiger partial charge in [0.1, 0.15) is 5.82 Å². The molecule has 26 heavy (non-hydrogen) atoms. The van der Waals surface area contributed by atoms with Gasteiger partial charge in [0.2, 0.25) is 0 Å². The van der Waals surface area contributed by atoms with Crippen LogP contribution in [0.2, 0.25) is 0 Å². The highest BCUT2D eigenvalue weighted by atomic mass is 19.1. The van der Waals surface area contributed by atoms with Crippen LogP contribution in [-0.4, -0.2) is 22.2 Å². The predicted octanol–water partition coefficient (Wildman–Crippen LogP) is 3.47. The van der Waals surface area contributed by atoms with Crippen molar-refractivity contribution in [2.75, 3.05) is 6.54 Å². The Morgan fingerprint density at radius 1 is 1.08 bits per heavy atom. The van der Waals surface area contributed by atoms with Gasteiger partial charge in [-0.25, -0.2) is 9.07 Å². The topological polar surface area (TPSA) is 46.9 Å². The lowest BCUT2D eigenvalue weighted by molar-refractivity contribution is 0.0947. The third-order valence-corrected chi connectivity index (χ3v) is 4.78. The van der Waals surface area contributed by atoms with E-state index in [2.05, 4.69) is 10.4 Å². The number of carbonyl (C=O) groups is 1. The first-order chi connectivity index (χ1) is 12.7. The van der Waals surface area contributed by atoms with E-state index in [1.165, 1.54) is 6.07 Å². The van der Waals surface area contributed by atoms with Crippen molar-refractivity contribution in [3.63, 3.8) is 0 Å². The first-order valence-electron chi connectivity index (χ1n) is 8.92. The van der Waals surface area contributed by atoms with Gasteiger partial charge in [0.25, 0.3) is 5.91 Å². The highest BCUT2D eigenvalue weighted by Gasteiger charge is 2.26. The fourth-order valence-corrected chi connectivity index (χ4v) is 3.50. The van der Waals surface area contributed by atoms with Gasteiger partial charge in [0.15, 0.2) is 5.69 Å². The molecule has 0 saturated heterocycles. The third kappa shape index (κ3) is 3.12. The maximum atomic E-state index is 13.7. The molecule has 0 bridgehead atoms. The molecule has 0 spiro atoms. The van der Waals surface area contributed by atoms with E-state index in [1.54, 1.807) is 18.2 Å². The number of nitrogens with zero attached hydrogens (tertiary/aromatic N) is 2. The van der Waals surface area contributed by atoms with Gasteiger partial charge in [-0.15, -0.1) is 0 Å². The average molecular weight is 349 g/mol. The number of para-hydroxylation sites is 1. The quantitative estimate of drug-likeness (QED) is 0.767. The van der Waals surface area contributed by atoms with Crippen LogP contribution in [0.25, 0.3) is 5.69 Å². The average Bonchev–Trinajstić information content (AvgIpc) is 3.26. The van der Waals surface area contributed by atoms with Gasteiger partial charge in [-0.2, -0.15) is 5.10 Å². The molecule has 3 aromatic rings. The van der Waals surface area contributed by atoms with Crippen molar-refractivity contribution in [2.24, 2.45) is 0 Å². The van der Waals surface area contributed by atoms with Crippen LogP contribution >= 0.6 is 0 Å². The lowest BCUT2D eigenvalue weighted by atomic mass is 10.1. The van der Waals surface area contributed by atoms with Gasteiger partial charge in [-0.3, -0.25) is 4.79 Å². The standard InChI is InChI=1S/C21H20FN3O/c22-18-11-5-4-7-15(18)13-14-23-21(26)20-17-10-6-12-19(17)25(24-20)16-8-2-1-3-9-16/h1-5,7-9,11H,6,10,12-14H2,(H,23,26). The molecule has 5 heteroatoms. The summed E-state index contributed by atoms with van der Waals surface area (Å²) in [5, 5.41) is 7.46. The normalized spacial score (nSPS) is 12.8. The van der Waals surface area contributed by atoms with Gasteiger partial charge in [0, 0.05) is 17.8 Å². The van der Waals surface area contributed by atoms with Crippen molar-refractivity contribution in [1.29, 1.82) is 0 Å². The summed E-state index contributed by atoms with van der Waals surface area (Å²) in [6, 6.07) is 16.5. The fraction of sp³-hybridized carbons (Fsp3) is 0.238. The molecule has 0 fully saturated rings. The van der Waals surface area contributed by atoms with E-state index in [9.17, 15) is 9.18 Å². The molecule has 2 aromatic carbocycles. The summed E-state index contributed by atoms with van der Waals surface area (Å²) < 4.78 is 15.6. The molecular formula is C21H20FN3O. The number of hydrogen-bond donors (Lipinski definition) is 1. The van der Waals surface area contributed by atoms with Crippen LogP contribution in [0.15, 0.2) is 54.6 Å². The van der Waals surface area contributed by atoms with Crippen LogP contribution in [0.1, 0.15) is 33.7 Å². The van der Waals surface area contributed by atoms with E-state index in [1.807, 2.05) is 35.0 Å². The second-order valence-electron chi connectivity index (χ2n) is 6.47. The lowest BCUT2D eigenvalue weighted by Crippen LogP contribution is -2.27. The Kier molecular flexibility index (Phi) is 4.52. The van der Waals surface area contributed by atoms with Crippen LogP contribution in [0.3, 0.4) is 0 Å². The van der Waals surface area contributed by atoms with Crippen LogP contribution in [0, 0.1) is 5.82 Å². The number of hydrogen-bond acceptors (Lipinski definition) is 2. The van der Waals surface area contributed by atoms with E-state index < -0.39 is 0 Å². The lowest BCUT2D eigenvalue weighted by Gasteiger charge is -2.06. The number of nitrogens with one attached hydrogen (secondary N) is 1. The zero-order chi connectivity index (χ0) is 17.9. The summed E-state index contributed by atoms with van der Waals surface area (Å²) in [4.78, 5) is 12.6. The van der Waals surface area contributed by atoms with Gasteiger partial charge >= 0.3 is 0 Å². The van der Waals surface area contributed by atoms with Crippen molar-refractivity contribution in [1.82, 2.24) is 15.1 Å². The van der Waals surface area contributed by atoms with Gasteiger partial charge in [-0.05, 0) is 49.4 Å². The maximum absolute atomic E-state index is 13.7. The minimum absolute atomic E-state index is 0.186. The number of amides is 1. The number of fused-ring (bicyclic) bond motifs is 1. The van der Waals surface area contributed by atoms with E-state index in [0.717, 1.165) is 36.2 Å². The van der Waals surface area contributed by atoms with Crippen LogP contribution in [-0.2, 0) is 19.3 Å². The molecule has 1 amide bonds. The van der Waals surface area contributed by atoms with Gasteiger partial charge < -0.3 is 5.32 Å². The molecular weight excluding hydrogens is 329 g/mol. The van der Waals surface area contributed by atoms with E-state index >= 15 is 0 Å². The Hall–Kier alpha value is -2.95. The Morgan fingerprint density at radius 2 is 1.85 bits per heavy atom. The van der Waals surface area contributed by atoms with Gasteiger partial charge in [0.05, 0.1) is 5.69 Å². The molecule has 0 unspecified atom stereocenters. The summed E-state index contributed by atoms with van der Waals surface area (Å²) in [7, 11) is 0. The van der Waals surface area contributed by atoms with E-state index in [0.29, 0.717) is 24.2 Å². The first kappa shape index (κ1) is 16.5. The van der Waals surface area contributed by atoms with Crippen LogP contribution in [0.4, 0.5) is 4.39 Å². The van der Waals surface area contributed by atoms with Gasteiger partial charge in [-0.1, -0.05) is 36.4 Å². The highest BCUT2D eigenvalue weighted by molar-refractivity contribution is 5.94. The molecule has 4 rings (SSSR count). The van der Waals surface area contributed by atoms with Crippen molar-refractivity contribution >= 4 is 5.91 Å². The number of halogens is 1. The van der Waals surface area contributed by atoms with Crippen LogP contribution in [0.5, 0.6) is 0 Å². The summed E-state index contributed by atoms with van der Waals surface area (Å²) in [5.41, 5.74) is 4.23. The molecule has 1 aliphatic rings. The second kappa shape index (κ2) is 7.12. The second-order valence-corrected chi connectivity index (χ2v) is 6.47. The minimum Gasteiger partial charge on any atom is -0.350 e. The smallest absolute Gasteiger partial charge is 0.272 e. The molecule has 132 valence electrons. The SMILES string of the molecule is O=C(NCCc1ccccc1F)c1nn(-c2ccccc2)c2c1CCC2. The fourth-order valence-electron chi connectivity index (χ4n) is 3.50. The Bertz CT molecular complexity index is 934. The minimum atomic E-state index is -0.240. The Morgan fingerprint density at radius 3 is 2.65 bits per heavy atom. The molecule has 0 atom stereocenters. The predicted molar refractivity (Wildman–Crippen MR) is 98.0 cm³/mol. The van der Waals surface area contributed by atoms with Crippen LogP contribution < -0.4 is 5.32 Å². The van der Waals surface area contributed by atoms with Crippen molar-refractivity contribution in [3.8, 4) is 5.69 Å². The highest BCUT2D eigenvalue weighted by Crippen LogP contribution is 2.27. The molecule has 1 aromatic heterocycles. The zero-order valence-electron chi connectivity index (χ0n) is 14.4. The summed E-state index contributed by atoms with van der Waals surface area (Å²) in [6.45, 7) is 0.382. The monoisotopic (exact) mass is 349 g/mol. The number of rotatable bonds is 5. The molecule has 1 heterocycles. The molecule has 0 radical (unpaired) electrons. The number of carbonyl (C=O) groups excluding carboxylic acids is 1. The number of benzene rings is 2. The number of aromatic nitrogens is 2. The molecule has 0 aliphatic heterocycles. The largest absolute Gasteiger partial charge is 0.350 e. The van der Waals surface area contributed by atoms with Crippen molar-refractivity contribution in [3.05, 3.63) is 82.9 Å². The first-order valence-corrected chi connectivity index (χ1v) is 8.92. The van der Waals surface area contributed by atoms with E-state index in [-0.39, 0.29) is 11.7 Å². The summed E-state index contributed by atoms with van der Waals surface area (Å²) >= 11 is 0. The summed E-state index contributed by atoms with van der Waals surface area (Å²) in [5.74, 6) is -0.426.